The number of ether oxygens (including phenoxy) is 1. The van der Waals surface area contributed by atoms with Crippen molar-refractivity contribution in [3.63, 3.8) is 0 Å². The number of amides is 2. The van der Waals surface area contributed by atoms with Crippen LogP contribution < -0.4 is 9.64 Å². The lowest BCUT2D eigenvalue weighted by molar-refractivity contribution is -0.137. The number of carbonyl (C=O) groups is 2. The number of piperazine rings is 1. The van der Waals surface area contributed by atoms with E-state index in [0.717, 1.165) is 35.7 Å². The molecule has 1 atom stereocenters. The van der Waals surface area contributed by atoms with Gasteiger partial charge in [0.05, 0.1) is 7.11 Å². The van der Waals surface area contributed by atoms with Crippen LogP contribution in [-0.4, -0.2) is 60.9 Å². The Labute approximate surface area is 200 Å². The second-order valence-corrected chi connectivity index (χ2v) is 8.80. The Kier molecular flexibility index (Phi) is 6.21. The van der Waals surface area contributed by atoms with E-state index in [1.165, 1.54) is 0 Å². The molecule has 3 aromatic rings. The van der Waals surface area contributed by atoms with E-state index in [0.29, 0.717) is 31.6 Å². The zero-order valence-electron chi connectivity index (χ0n) is 19.4. The van der Waals surface area contributed by atoms with E-state index in [-0.39, 0.29) is 11.8 Å². The second kappa shape index (κ2) is 9.59. The first-order valence-electron chi connectivity index (χ1n) is 11.7. The Hall–Kier alpha value is -3.80. The van der Waals surface area contributed by atoms with Crippen molar-refractivity contribution in [2.75, 3.05) is 38.2 Å². The van der Waals surface area contributed by atoms with Crippen LogP contribution in [0.2, 0.25) is 0 Å². The summed E-state index contributed by atoms with van der Waals surface area (Å²) in [6.45, 7) is 3.24. The maximum absolute atomic E-state index is 13.7. The summed E-state index contributed by atoms with van der Waals surface area (Å²) in [5, 5.41) is 0. The molecule has 0 radical (unpaired) electrons. The van der Waals surface area contributed by atoms with Crippen LogP contribution in [0.25, 0.3) is 0 Å². The molecule has 0 aromatic heterocycles. The van der Waals surface area contributed by atoms with Crippen LogP contribution in [-0.2, 0) is 17.8 Å². The van der Waals surface area contributed by atoms with E-state index in [1.54, 1.807) is 12.0 Å². The van der Waals surface area contributed by atoms with Crippen LogP contribution in [0.3, 0.4) is 0 Å². The maximum atomic E-state index is 13.7. The lowest BCUT2D eigenvalue weighted by atomic mass is 9.92. The summed E-state index contributed by atoms with van der Waals surface area (Å²) in [6.07, 6.45) is 0.548. The molecule has 6 heteroatoms. The molecule has 1 saturated heterocycles. The highest BCUT2D eigenvalue weighted by molar-refractivity contribution is 5.98. The zero-order chi connectivity index (χ0) is 23.5. The molecule has 174 valence electrons. The molecule has 6 nitrogen and oxygen atoms in total. The molecule has 0 spiro atoms. The van der Waals surface area contributed by atoms with Crippen molar-refractivity contribution >= 4 is 17.5 Å². The number of anilines is 1. The number of hydrogen-bond donors (Lipinski definition) is 0. The summed E-state index contributed by atoms with van der Waals surface area (Å²) in [5.74, 6) is 0.775. The van der Waals surface area contributed by atoms with Crippen molar-refractivity contribution in [2.24, 2.45) is 0 Å². The highest BCUT2D eigenvalue weighted by Crippen LogP contribution is 2.27. The molecule has 0 aliphatic carbocycles. The van der Waals surface area contributed by atoms with Crippen molar-refractivity contribution in [1.29, 1.82) is 0 Å². The smallest absolute Gasteiger partial charge is 0.254 e. The summed E-state index contributed by atoms with van der Waals surface area (Å²) < 4.78 is 5.25. The first kappa shape index (κ1) is 22.0. The molecule has 0 saturated carbocycles. The van der Waals surface area contributed by atoms with Gasteiger partial charge in [0.15, 0.2) is 0 Å². The molecule has 2 aliphatic heterocycles. The van der Waals surface area contributed by atoms with Crippen molar-refractivity contribution in [3.8, 4) is 5.75 Å². The summed E-state index contributed by atoms with van der Waals surface area (Å²) in [6, 6.07) is 24.9. The van der Waals surface area contributed by atoms with E-state index >= 15 is 0 Å². The summed E-state index contributed by atoms with van der Waals surface area (Å²) >= 11 is 0. The zero-order valence-corrected chi connectivity index (χ0v) is 19.4. The Balaban J connectivity index is 1.33. The largest absolute Gasteiger partial charge is 0.497 e. The Morgan fingerprint density at radius 2 is 1.44 bits per heavy atom. The number of carbonyl (C=O) groups excluding carboxylic acids is 2. The molecule has 2 amide bonds. The number of hydrogen-bond acceptors (Lipinski definition) is 4. The Bertz CT molecular complexity index is 1160. The average Bonchev–Trinajstić information content (AvgIpc) is 2.92. The van der Waals surface area contributed by atoms with Crippen molar-refractivity contribution in [3.05, 3.63) is 95.6 Å². The SMILES string of the molecule is COc1ccc(N2CCN(C(=O)[C@H]3Cc4ccccc4CN3C(=O)c3ccccc3)CC2)cc1. The average molecular weight is 456 g/mol. The van der Waals surface area contributed by atoms with E-state index in [1.807, 2.05) is 59.5 Å². The van der Waals surface area contributed by atoms with Crippen molar-refractivity contribution < 1.29 is 14.3 Å². The number of methoxy groups -OCH3 is 1. The molecule has 34 heavy (non-hydrogen) atoms. The fraction of sp³-hybridized carbons (Fsp3) is 0.286. The number of fused-ring (bicyclic) bond motifs is 1. The predicted molar refractivity (Wildman–Crippen MR) is 132 cm³/mol. The minimum atomic E-state index is -0.491. The quantitative estimate of drug-likeness (QED) is 0.603. The highest BCUT2D eigenvalue weighted by Gasteiger charge is 2.38. The van der Waals surface area contributed by atoms with Crippen LogP contribution in [0.15, 0.2) is 78.9 Å². The van der Waals surface area contributed by atoms with Gasteiger partial charge in [-0.25, -0.2) is 0 Å². The van der Waals surface area contributed by atoms with E-state index in [4.69, 9.17) is 4.74 Å². The van der Waals surface area contributed by atoms with E-state index < -0.39 is 6.04 Å². The van der Waals surface area contributed by atoms with Gasteiger partial charge in [-0.3, -0.25) is 9.59 Å². The van der Waals surface area contributed by atoms with Gasteiger partial charge >= 0.3 is 0 Å². The summed E-state index contributed by atoms with van der Waals surface area (Å²) in [4.78, 5) is 33.1. The van der Waals surface area contributed by atoms with Crippen molar-refractivity contribution in [2.45, 2.75) is 19.0 Å². The third-order valence-corrected chi connectivity index (χ3v) is 6.84. The topological polar surface area (TPSA) is 53.1 Å². The van der Waals surface area contributed by atoms with Gasteiger partial charge in [0, 0.05) is 50.4 Å². The van der Waals surface area contributed by atoms with Gasteiger partial charge in [0.1, 0.15) is 11.8 Å². The van der Waals surface area contributed by atoms with Gasteiger partial charge in [0.2, 0.25) is 5.91 Å². The highest BCUT2D eigenvalue weighted by atomic mass is 16.5. The monoisotopic (exact) mass is 455 g/mol. The van der Waals surface area contributed by atoms with Crippen LogP contribution in [0.4, 0.5) is 5.69 Å². The lowest BCUT2D eigenvalue weighted by Gasteiger charge is -2.42. The standard InChI is InChI=1S/C28H29N3O3/c1-34-25-13-11-24(12-14-25)29-15-17-30(18-16-29)28(33)26-19-22-9-5-6-10-23(22)20-31(26)27(32)21-7-3-2-4-8-21/h2-14,26H,15-20H2,1H3/t26-/m1/s1. The molecule has 3 aromatic carbocycles. The minimum Gasteiger partial charge on any atom is -0.497 e. The normalized spacial score (nSPS) is 17.8. The molecule has 0 bridgehead atoms. The van der Waals surface area contributed by atoms with Crippen molar-refractivity contribution in [1.82, 2.24) is 9.80 Å². The molecular formula is C28H29N3O3. The third kappa shape index (κ3) is 4.36. The van der Waals surface area contributed by atoms with Gasteiger partial charge in [-0.1, -0.05) is 42.5 Å². The second-order valence-electron chi connectivity index (χ2n) is 8.80. The van der Waals surface area contributed by atoms with E-state index in [9.17, 15) is 9.59 Å². The molecule has 2 heterocycles. The molecule has 0 N–H and O–H groups in total. The number of nitrogens with zero attached hydrogens (tertiary/aromatic N) is 3. The van der Waals surface area contributed by atoms with Gasteiger partial charge in [0.25, 0.3) is 5.91 Å². The third-order valence-electron chi connectivity index (χ3n) is 6.84. The Morgan fingerprint density at radius 1 is 0.794 bits per heavy atom. The molecule has 2 aliphatic rings. The van der Waals surface area contributed by atoms with Crippen LogP contribution in [0, 0.1) is 0 Å². The van der Waals surface area contributed by atoms with Crippen LogP contribution in [0.1, 0.15) is 21.5 Å². The minimum absolute atomic E-state index is 0.0353. The molecule has 0 unspecified atom stereocenters. The van der Waals surface area contributed by atoms with Crippen LogP contribution >= 0.6 is 0 Å². The predicted octanol–water partition coefficient (Wildman–Crippen LogP) is 3.61. The van der Waals surface area contributed by atoms with E-state index in [2.05, 4.69) is 29.2 Å². The number of rotatable bonds is 4. The van der Waals surface area contributed by atoms with Gasteiger partial charge < -0.3 is 19.4 Å². The fourth-order valence-corrected chi connectivity index (χ4v) is 4.89. The van der Waals surface area contributed by atoms with Gasteiger partial charge in [-0.2, -0.15) is 0 Å². The first-order valence-corrected chi connectivity index (χ1v) is 11.7. The van der Waals surface area contributed by atoms with Crippen LogP contribution in [0.5, 0.6) is 5.75 Å². The lowest BCUT2D eigenvalue weighted by Crippen LogP contribution is -2.57. The Morgan fingerprint density at radius 3 is 2.12 bits per heavy atom. The first-order chi connectivity index (χ1) is 16.6. The molecular weight excluding hydrogens is 426 g/mol. The van der Waals surface area contributed by atoms with Gasteiger partial charge in [-0.05, 0) is 47.5 Å². The number of benzene rings is 3. The molecule has 5 rings (SSSR count). The maximum Gasteiger partial charge on any atom is 0.254 e. The fourth-order valence-electron chi connectivity index (χ4n) is 4.89. The summed E-state index contributed by atoms with van der Waals surface area (Å²) in [7, 11) is 1.66. The summed E-state index contributed by atoms with van der Waals surface area (Å²) in [5.41, 5.74) is 4.00. The van der Waals surface area contributed by atoms with Gasteiger partial charge in [-0.15, -0.1) is 0 Å². The molecule has 1 fully saturated rings.